The Morgan fingerprint density at radius 1 is 0.790 bits per heavy atom. The summed E-state index contributed by atoms with van der Waals surface area (Å²) in [4.78, 5) is 61.4. The van der Waals surface area contributed by atoms with Crippen molar-refractivity contribution in [3.63, 3.8) is 0 Å². The molecule has 3 fully saturated rings. The van der Waals surface area contributed by atoms with E-state index in [0.717, 1.165) is 25.2 Å². The number of fused-ring (bicyclic) bond motifs is 2. The number of nitrogens with zero attached hydrogens (tertiary/aromatic N) is 6. The third kappa shape index (κ3) is 14.4. The first-order valence-corrected chi connectivity index (χ1v) is 25.0. The fraction of sp³-hybridized carbons (Fsp3) is 0.500. The van der Waals surface area contributed by atoms with Crippen LogP contribution in [-0.4, -0.2) is 167 Å². The molecule has 4 aromatic rings. The van der Waals surface area contributed by atoms with Gasteiger partial charge in [-0.15, -0.1) is 0 Å². The number of carbonyl (C=O) groups excluding carboxylic acids is 3. The van der Waals surface area contributed by atoms with Crippen LogP contribution in [0, 0.1) is 34.3 Å². The molecule has 0 saturated carbocycles. The lowest BCUT2D eigenvalue weighted by Crippen LogP contribution is -2.70. The summed E-state index contributed by atoms with van der Waals surface area (Å²) in [5.74, 6) is 0.523. The van der Waals surface area contributed by atoms with E-state index in [0.29, 0.717) is 102 Å². The SMILES string of the molecule is COC(=O)NC(C(=O)NC(Cc1ccc(C#Cc2ccc(N3CC4COCC(C3)N4C3COC3)nc2)cc1)C(O)CN(Cc1c(F)cc(-c2ccn(C(F)F)n2)cc1F)NC(=O)C(NC(=O)O)C(C)(C)C(F)(F)F)C(C)(C)C(F)(F)F. The summed E-state index contributed by atoms with van der Waals surface area (Å²) in [7, 11) is 0.809. The molecule has 3 aliphatic rings. The van der Waals surface area contributed by atoms with E-state index >= 15 is 8.78 Å². The molecule has 2 aromatic heterocycles. The van der Waals surface area contributed by atoms with Crippen molar-refractivity contribution < 1.29 is 87.5 Å². The average molecular weight is 1160 g/mol. The van der Waals surface area contributed by atoms with E-state index in [-0.39, 0.29) is 33.6 Å². The quantitative estimate of drug-likeness (QED) is 0.0373. The van der Waals surface area contributed by atoms with Crippen LogP contribution in [0.2, 0.25) is 0 Å². The van der Waals surface area contributed by atoms with Crippen molar-refractivity contribution >= 4 is 29.8 Å². The van der Waals surface area contributed by atoms with Gasteiger partial charge in [-0.2, -0.15) is 40.2 Å². The van der Waals surface area contributed by atoms with Crippen LogP contribution in [0.5, 0.6) is 0 Å². The number of aliphatic hydroxyl groups is 1. The molecule has 2 aromatic carbocycles. The summed E-state index contributed by atoms with van der Waals surface area (Å²) in [5.41, 5.74) is -4.73. The molecular formula is C52H58F10N10O9. The van der Waals surface area contributed by atoms with E-state index < -0.39 is 115 Å². The molecule has 6 unspecified atom stereocenters. The number of amides is 4. The number of anilines is 1. The highest BCUT2D eigenvalue weighted by atomic mass is 19.4. The van der Waals surface area contributed by atoms with Crippen molar-refractivity contribution in [3.05, 3.63) is 101 Å². The number of halogens is 10. The predicted molar refractivity (Wildman–Crippen MR) is 267 cm³/mol. The van der Waals surface area contributed by atoms with Gasteiger partial charge in [0, 0.05) is 60.8 Å². The third-order valence-electron chi connectivity index (χ3n) is 14.4. The van der Waals surface area contributed by atoms with Crippen LogP contribution in [0.15, 0.2) is 67.0 Å². The second-order valence-corrected chi connectivity index (χ2v) is 20.8. The molecule has 0 aliphatic carbocycles. The Balaban J connectivity index is 1.18. The van der Waals surface area contributed by atoms with Gasteiger partial charge in [-0.05, 0) is 82.1 Å². The van der Waals surface area contributed by atoms with E-state index in [1.165, 1.54) is 29.6 Å². The maximum absolute atomic E-state index is 16.0. The molecule has 29 heteroatoms. The van der Waals surface area contributed by atoms with Crippen LogP contribution in [-0.2, 0) is 36.8 Å². The number of alkyl halides is 8. The fourth-order valence-corrected chi connectivity index (χ4v) is 9.38. The number of ether oxygens (including phenoxy) is 3. The highest BCUT2D eigenvalue weighted by Crippen LogP contribution is 2.42. The van der Waals surface area contributed by atoms with Gasteiger partial charge < -0.3 is 45.3 Å². The number of pyridine rings is 1. The first-order chi connectivity index (χ1) is 38.0. The Morgan fingerprint density at radius 2 is 1.35 bits per heavy atom. The van der Waals surface area contributed by atoms with Gasteiger partial charge in [0.1, 0.15) is 29.5 Å². The molecule has 7 rings (SSSR count). The number of piperazine rings is 1. The summed E-state index contributed by atoms with van der Waals surface area (Å²) in [5, 5.41) is 31.1. The highest BCUT2D eigenvalue weighted by molar-refractivity contribution is 5.87. The second kappa shape index (κ2) is 24.8. The number of methoxy groups -OCH3 is 1. The minimum absolute atomic E-state index is 0.178. The van der Waals surface area contributed by atoms with E-state index in [1.807, 2.05) is 16.8 Å². The zero-order valence-corrected chi connectivity index (χ0v) is 44.0. The Bertz CT molecular complexity index is 2910. The van der Waals surface area contributed by atoms with Gasteiger partial charge in [0.05, 0.1) is 80.3 Å². The van der Waals surface area contributed by atoms with Crippen molar-refractivity contribution in [2.75, 3.05) is 58.1 Å². The molecule has 0 spiro atoms. The number of hydrogen-bond acceptors (Lipinski definition) is 13. The van der Waals surface area contributed by atoms with Crippen molar-refractivity contribution in [2.24, 2.45) is 10.8 Å². The number of hydrazine groups is 1. The van der Waals surface area contributed by atoms with E-state index in [2.05, 4.69) is 41.8 Å². The van der Waals surface area contributed by atoms with Crippen molar-refractivity contribution in [1.29, 1.82) is 0 Å². The largest absolute Gasteiger partial charge is 0.465 e. The molecule has 5 heterocycles. The zero-order chi connectivity index (χ0) is 59.4. The maximum Gasteiger partial charge on any atom is 0.407 e. The summed E-state index contributed by atoms with van der Waals surface area (Å²) in [6, 6.07) is 5.67. The van der Waals surface area contributed by atoms with Crippen molar-refractivity contribution in [1.82, 2.24) is 46.0 Å². The number of nitrogens with one attached hydrogen (secondary N) is 4. The molecule has 3 saturated heterocycles. The van der Waals surface area contributed by atoms with Crippen LogP contribution in [0.4, 0.5) is 59.3 Å². The van der Waals surface area contributed by atoms with Gasteiger partial charge in [0.2, 0.25) is 5.91 Å². The zero-order valence-electron chi connectivity index (χ0n) is 44.0. The third-order valence-corrected chi connectivity index (χ3v) is 14.4. The Kier molecular flexibility index (Phi) is 18.8. The van der Waals surface area contributed by atoms with Gasteiger partial charge >= 0.3 is 31.1 Å². The van der Waals surface area contributed by atoms with Crippen LogP contribution >= 0.6 is 0 Å². The van der Waals surface area contributed by atoms with E-state index in [9.17, 15) is 64.5 Å². The molecule has 19 nitrogen and oxygen atoms in total. The van der Waals surface area contributed by atoms with Gasteiger partial charge in [0.25, 0.3) is 5.91 Å². The van der Waals surface area contributed by atoms with E-state index in [4.69, 9.17) is 9.47 Å². The summed E-state index contributed by atoms with van der Waals surface area (Å²) >= 11 is 0. The maximum atomic E-state index is 16.0. The predicted octanol–water partition coefficient (Wildman–Crippen LogP) is 5.77. The van der Waals surface area contributed by atoms with Crippen molar-refractivity contribution in [2.45, 2.75) is 102 Å². The number of alkyl carbamates (subject to hydrolysis) is 1. The molecule has 2 bridgehead atoms. The van der Waals surface area contributed by atoms with Crippen LogP contribution in [0.25, 0.3) is 11.3 Å². The molecule has 4 amide bonds. The molecule has 6 N–H and O–H groups in total. The minimum atomic E-state index is -5.29. The van der Waals surface area contributed by atoms with Gasteiger partial charge in [-0.1, -0.05) is 24.0 Å². The number of hydrogen-bond donors (Lipinski definition) is 6. The summed E-state index contributed by atoms with van der Waals surface area (Å²) < 4.78 is 161. The number of benzene rings is 2. The number of carbonyl (C=O) groups is 4. The highest BCUT2D eigenvalue weighted by Gasteiger charge is 2.57. The van der Waals surface area contributed by atoms with Crippen LogP contribution < -0.4 is 26.3 Å². The monoisotopic (exact) mass is 1160 g/mol. The van der Waals surface area contributed by atoms with Gasteiger partial charge in [-0.3, -0.25) is 19.9 Å². The van der Waals surface area contributed by atoms with Crippen LogP contribution in [0.1, 0.15) is 56.5 Å². The fourth-order valence-electron chi connectivity index (χ4n) is 9.38. The lowest BCUT2D eigenvalue weighted by Gasteiger charge is -2.54. The van der Waals surface area contributed by atoms with Gasteiger partial charge in [-0.25, -0.2) is 33.0 Å². The van der Waals surface area contributed by atoms with Gasteiger partial charge in [0.15, 0.2) is 0 Å². The smallest absolute Gasteiger partial charge is 0.407 e. The lowest BCUT2D eigenvalue weighted by atomic mass is 9.82. The molecule has 81 heavy (non-hydrogen) atoms. The average Bonchev–Trinajstić information content (AvgIpc) is 4.03. The van der Waals surface area contributed by atoms with E-state index in [1.54, 1.807) is 12.3 Å². The Hall–Kier alpha value is -7.26. The number of rotatable bonds is 19. The number of morpholine rings is 1. The second-order valence-electron chi connectivity index (χ2n) is 20.8. The lowest BCUT2D eigenvalue weighted by molar-refractivity contribution is -0.221. The topological polar surface area (TPSA) is 225 Å². The minimum Gasteiger partial charge on any atom is -0.465 e. The summed E-state index contributed by atoms with van der Waals surface area (Å²) in [6.45, 7) is 0.593. The summed E-state index contributed by atoms with van der Waals surface area (Å²) in [6.07, 6.45) is -14.3. The molecule has 3 aliphatic heterocycles. The Labute approximate surface area is 457 Å². The number of aromatic nitrogens is 3. The normalized spacial score (nSPS) is 18.7. The molecule has 440 valence electrons. The first-order valence-electron chi connectivity index (χ1n) is 25.0. The van der Waals surface area contributed by atoms with Crippen molar-refractivity contribution in [3.8, 4) is 23.1 Å². The van der Waals surface area contributed by atoms with Crippen LogP contribution in [0.3, 0.4) is 0 Å². The molecule has 6 atom stereocenters. The molecular weight excluding hydrogens is 1100 g/mol. The number of aliphatic hydroxyl groups excluding tert-OH is 1. The standard InChI is InChI=1S/C52H58F10N10O9/c1-49(2,51(57,58)59)42(66-48(78)79-5)44(74)64-39(16-29-9-6-28(7-10-29)8-11-30-12-13-41(63-19-30)69-20-32-24-80-25-33(21-69)72(32)34-26-81-27-34)40(73)23-70(68-45(75)43(65-47(76)77)50(3,4)52(60,61)62)22-35-36(53)17-31(18-37(35)54)38-14-15-71(67-38)46(55)56/h6-7,9-10,12-15,17-19,32-34,39-40,42-43,46,65,73H,16,20-27H2,1-5H3,(H,64,74)(H,66,78)(H,68,75)(H,76,77). The Morgan fingerprint density at radius 3 is 1.85 bits per heavy atom. The molecule has 0 radical (unpaired) electrons. The number of carboxylic acid groups (broad SMARTS) is 1. The first kappa shape index (κ1) is 61.4.